The van der Waals surface area contributed by atoms with Crippen LogP contribution in [0.2, 0.25) is 0 Å². The number of Topliss-reactive ketones (excluding diaryl/α,β-unsaturated/α-hetero) is 2. The summed E-state index contributed by atoms with van der Waals surface area (Å²) in [5.41, 5.74) is 1.81. The molecule has 0 spiro atoms. The normalized spacial score (nSPS) is 18.1. The quantitative estimate of drug-likeness (QED) is 0.766. The van der Waals surface area contributed by atoms with Crippen LogP contribution in [0.15, 0.2) is 42.6 Å². The molecular weight excluding hydrogens is 366 g/mol. The van der Waals surface area contributed by atoms with Crippen molar-refractivity contribution in [1.29, 1.82) is 0 Å². The van der Waals surface area contributed by atoms with Gasteiger partial charge in [0.2, 0.25) is 0 Å². The van der Waals surface area contributed by atoms with Gasteiger partial charge in [0.25, 0.3) is 5.91 Å². The molecule has 152 valence electrons. The maximum Gasteiger partial charge on any atom is 0.270 e. The fourth-order valence-corrected chi connectivity index (χ4v) is 4.26. The van der Waals surface area contributed by atoms with Crippen molar-refractivity contribution in [3.8, 4) is 0 Å². The number of nitrogens with one attached hydrogen (secondary N) is 1. The van der Waals surface area contributed by atoms with Crippen LogP contribution in [-0.2, 0) is 0 Å². The second-order valence-electron chi connectivity index (χ2n) is 8.01. The van der Waals surface area contributed by atoms with E-state index in [0.717, 1.165) is 57.4 Å². The lowest BCUT2D eigenvalue weighted by Crippen LogP contribution is -2.39. The van der Waals surface area contributed by atoms with Gasteiger partial charge in [-0.3, -0.25) is 19.3 Å². The van der Waals surface area contributed by atoms with E-state index in [2.05, 4.69) is 9.88 Å². The molecule has 0 aliphatic carbocycles. The molecule has 6 heteroatoms. The zero-order valence-corrected chi connectivity index (χ0v) is 16.6. The molecule has 4 rings (SSSR count). The van der Waals surface area contributed by atoms with E-state index in [1.54, 1.807) is 12.3 Å². The summed E-state index contributed by atoms with van der Waals surface area (Å²) in [6.07, 6.45) is 5.26. The molecule has 0 saturated carbocycles. The van der Waals surface area contributed by atoms with Crippen LogP contribution in [-0.4, -0.2) is 65.0 Å². The number of aromatic amines is 1. The molecule has 29 heavy (non-hydrogen) atoms. The summed E-state index contributed by atoms with van der Waals surface area (Å²) < 4.78 is 0. The van der Waals surface area contributed by atoms with Crippen LogP contribution in [0.3, 0.4) is 0 Å². The highest BCUT2D eigenvalue weighted by molar-refractivity contribution is 6.01. The van der Waals surface area contributed by atoms with Crippen molar-refractivity contribution in [2.45, 2.75) is 25.7 Å². The Morgan fingerprint density at radius 1 is 0.931 bits per heavy atom. The van der Waals surface area contributed by atoms with Gasteiger partial charge in [-0.05, 0) is 44.8 Å². The minimum absolute atomic E-state index is 0.00885. The molecule has 2 fully saturated rings. The van der Waals surface area contributed by atoms with Crippen LogP contribution in [0.1, 0.15) is 56.9 Å². The van der Waals surface area contributed by atoms with Gasteiger partial charge in [-0.25, -0.2) is 0 Å². The molecule has 0 atom stereocenters. The van der Waals surface area contributed by atoms with Gasteiger partial charge in [0.15, 0.2) is 11.6 Å². The third-order valence-electron chi connectivity index (χ3n) is 6.01. The Balaban J connectivity index is 1.29. The van der Waals surface area contributed by atoms with Crippen molar-refractivity contribution < 1.29 is 14.4 Å². The number of carbonyl (C=O) groups excluding carboxylic acids is 3. The Morgan fingerprint density at radius 2 is 1.62 bits per heavy atom. The van der Waals surface area contributed by atoms with Gasteiger partial charge >= 0.3 is 0 Å². The Bertz CT molecular complexity index is 876. The van der Waals surface area contributed by atoms with Crippen LogP contribution in [0.4, 0.5) is 0 Å². The largest absolute Gasteiger partial charge is 0.356 e. The van der Waals surface area contributed by atoms with Gasteiger partial charge in [0.1, 0.15) is 5.69 Å². The Hall–Kier alpha value is -2.73. The Labute approximate surface area is 170 Å². The minimum atomic E-state index is -0.0261. The van der Waals surface area contributed by atoms with Crippen LogP contribution in [0, 0.1) is 5.92 Å². The molecule has 1 N–H and O–H groups in total. The summed E-state index contributed by atoms with van der Waals surface area (Å²) in [4.78, 5) is 44.6. The molecule has 1 aromatic carbocycles. The van der Waals surface area contributed by atoms with E-state index in [0.29, 0.717) is 17.8 Å². The molecule has 2 aliphatic heterocycles. The van der Waals surface area contributed by atoms with Crippen molar-refractivity contribution in [3.05, 3.63) is 59.4 Å². The summed E-state index contributed by atoms with van der Waals surface area (Å²) in [5.74, 6) is 0.212. The number of nitrogens with zero attached hydrogens (tertiary/aromatic N) is 2. The predicted octanol–water partition coefficient (Wildman–Crippen LogP) is 3.03. The van der Waals surface area contributed by atoms with Crippen LogP contribution >= 0.6 is 0 Å². The van der Waals surface area contributed by atoms with Crippen LogP contribution < -0.4 is 0 Å². The third kappa shape index (κ3) is 4.48. The van der Waals surface area contributed by atoms with Gasteiger partial charge in [-0.15, -0.1) is 0 Å². The number of piperidine rings is 1. The first-order valence-electron chi connectivity index (χ1n) is 10.4. The SMILES string of the molecule is O=C(CN1CCC(C(=O)c2ccccc2)CC1)c1c[nH]c(C(=O)N2CCCC2)c1. The summed E-state index contributed by atoms with van der Waals surface area (Å²) in [6, 6.07) is 11.1. The molecule has 1 amide bonds. The lowest BCUT2D eigenvalue weighted by atomic mass is 9.89. The third-order valence-corrected chi connectivity index (χ3v) is 6.01. The number of benzene rings is 1. The van der Waals surface area contributed by atoms with E-state index in [4.69, 9.17) is 0 Å². The molecule has 2 saturated heterocycles. The lowest BCUT2D eigenvalue weighted by molar-refractivity contribution is 0.0785. The highest BCUT2D eigenvalue weighted by Crippen LogP contribution is 2.22. The van der Waals surface area contributed by atoms with E-state index in [1.165, 1.54) is 0 Å². The fourth-order valence-electron chi connectivity index (χ4n) is 4.26. The second-order valence-corrected chi connectivity index (χ2v) is 8.01. The van der Waals surface area contributed by atoms with Crippen molar-refractivity contribution in [2.24, 2.45) is 5.92 Å². The van der Waals surface area contributed by atoms with E-state index < -0.39 is 0 Å². The monoisotopic (exact) mass is 393 g/mol. The van der Waals surface area contributed by atoms with Gasteiger partial charge in [-0.2, -0.15) is 0 Å². The molecule has 3 heterocycles. The number of ketones is 2. The van der Waals surface area contributed by atoms with Crippen molar-refractivity contribution in [3.63, 3.8) is 0 Å². The number of likely N-dealkylation sites (tertiary alicyclic amines) is 2. The Kier molecular flexibility index (Phi) is 5.90. The summed E-state index contributed by atoms with van der Waals surface area (Å²) in [5, 5.41) is 0. The van der Waals surface area contributed by atoms with Gasteiger partial charge in [0, 0.05) is 36.3 Å². The molecule has 1 aromatic heterocycles. The lowest BCUT2D eigenvalue weighted by Gasteiger charge is -2.30. The smallest absolute Gasteiger partial charge is 0.270 e. The average molecular weight is 393 g/mol. The topological polar surface area (TPSA) is 73.5 Å². The first-order valence-corrected chi connectivity index (χ1v) is 10.4. The number of amides is 1. The van der Waals surface area contributed by atoms with Gasteiger partial charge in [-0.1, -0.05) is 30.3 Å². The van der Waals surface area contributed by atoms with Gasteiger partial charge in [0.05, 0.1) is 6.54 Å². The van der Waals surface area contributed by atoms with Crippen molar-refractivity contribution in [2.75, 3.05) is 32.7 Å². The molecule has 6 nitrogen and oxygen atoms in total. The molecule has 0 unspecified atom stereocenters. The molecular formula is C23H27N3O3. The number of carbonyl (C=O) groups is 3. The minimum Gasteiger partial charge on any atom is -0.356 e. The summed E-state index contributed by atoms with van der Waals surface area (Å²) in [7, 11) is 0. The summed E-state index contributed by atoms with van der Waals surface area (Å²) >= 11 is 0. The summed E-state index contributed by atoms with van der Waals surface area (Å²) in [6.45, 7) is 3.37. The maximum atomic E-state index is 12.7. The van der Waals surface area contributed by atoms with Crippen LogP contribution in [0.5, 0.6) is 0 Å². The molecule has 0 bridgehead atoms. The number of aromatic nitrogens is 1. The van der Waals surface area contributed by atoms with Crippen molar-refractivity contribution in [1.82, 2.24) is 14.8 Å². The van der Waals surface area contributed by atoms with E-state index >= 15 is 0 Å². The highest BCUT2D eigenvalue weighted by Gasteiger charge is 2.27. The standard InChI is InChI=1S/C23H27N3O3/c27-21(19-14-20(24-15-19)23(29)26-10-4-5-11-26)16-25-12-8-18(9-13-25)22(28)17-6-2-1-3-7-17/h1-3,6-7,14-15,18,24H,4-5,8-13,16H2. The van der Waals surface area contributed by atoms with Gasteiger partial charge < -0.3 is 9.88 Å². The van der Waals surface area contributed by atoms with Crippen LogP contribution in [0.25, 0.3) is 0 Å². The zero-order chi connectivity index (χ0) is 20.2. The second kappa shape index (κ2) is 8.74. The Morgan fingerprint density at radius 3 is 2.31 bits per heavy atom. The van der Waals surface area contributed by atoms with Crippen molar-refractivity contribution >= 4 is 17.5 Å². The average Bonchev–Trinajstić information content (AvgIpc) is 3.46. The molecule has 2 aromatic rings. The van der Waals surface area contributed by atoms with E-state index in [1.807, 2.05) is 35.2 Å². The van der Waals surface area contributed by atoms with E-state index in [9.17, 15) is 14.4 Å². The predicted molar refractivity (Wildman–Crippen MR) is 110 cm³/mol. The van der Waals surface area contributed by atoms with E-state index in [-0.39, 0.29) is 23.4 Å². The first-order chi connectivity index (χ1) is 14.1. The fraction of sp³-hybridized carbons (Fsp3) is 0.435. The number of hydrogen-bond donors (Lipinski definition) is 1. The molecule has 0 radical (unpaired) electrons. The number of H-pyrrole nitrogens is 1. The first kappa shape index (κ1) is 19.6. The highest BCUT2D eigenvalue weighted by atomic mass is 16.2. The maximum absolute atomic E-state index is 12.7. The number of rotatable bonds is 6. The molecule has 2 aliphatic rings. The number of hydrogen-bond acceptors (Lipinski definition) is 4. The zero-order valence-electron chi connectivity index (χ0n) is 16.6.